The van der Waals surface area contributed by atoms with Crippen molar-refractivity contribution in [3.05, 3.63) is 176 Å². The average Bonchev–Trinajstić information content (AvgIpc) is 3.65. The minimum Gasteiger partial charge on any atom is -0.441 e. The van der Waals surface area contributed by atoms with E-state index >= 15 is 0 Å². The second-order valence-corrected chi connectivity index (χ2v) is 12.7. The summed E-state index contributed by atoms with van der Waals surface area (Å²) in [6.07, 6.45) is 0.756. The van der Waals surface area contributed by atoms with Gasteiger partial charge in [-0.1, -0.05) is 159 Å². The second kappa shape index (κ2) is 13.0. The molecule has 0 saturated heterocycles. The molecule has 4 heteroatoms. The van der Waals surface area contributed by atoms with Crippen molar-refractivity contribution in [2.24, 2.45) is 0 Å². The molecule has 0 amide bonds. The summed E-state index contributed by atoms with van der Waals surface area (Å²) in [5, 5.41) is 2.40. The van der Waals surface area contributed by atoms with Crippen LogP contribution in [-0.4, -0.2) is 15.0 Å². The maximum Gasteiger partial charge on any atom is 0.195 e. The van der Waals surface area contributed by atoms with Crippen LogP contribution in [0.15, 0.2) is 174 Å². The third-order valence-corrected chi connectivity index (χ3v) is 9.48. The SMILES string of the molecule is CCc1nc2c(-c3cccc(-c4ccc5ccccc5c4-c4ccc(-c5nc(-c6ccccc6)cc(-c6ccccc6)n5)cc4)c3)cccc2o1. The molecule has 242 valence electrons. The van der Waals surface area contributed by atoms with E-state index in [0.29, 0.717) is 5.82 Å². The van der Waals surface area contributed by atoms with Crippen LogP contribution in [0.25, 0.3) is 89.2 Å². The van der Waals surface area contributed by atoms with Gasteiger partial charge in [-0.05, 0) is 56.8 Å². The number of fused-ring (bicyclic) bond motifs is 2. The van der Waals surface area contributed by atoms with E-state index in [-0.39, 0.29) is 0 Å². The molecule has 0 aliphatic heterocycles. The smallest absolute Gasteiger partial charge is 0.195 e. The molecule has 0 atom stereocenters. The molecule has 0 bridgehead atoms. The van der Waals surface area contributed by atoms with Gasteiger partial charge in [0.25, 0.3) is 0 Å². The third kappa shape index (κ3) is 5.77. The topological polar surface area (TPSA) is 51.8 Å². The van der Waals surface area contributed by atoms with Crippen LogP contribution in [0.2, 0.25) is 0 Å². The lowest BCUT2D eigenvalue weighted by molar-refractivity contribution is 0.538. The average molecular weight is 656 g/mol. The zero-order chi connectivity index (χ0) is 34.1. The van der Waals surface area contributed by atoms with Crippen molar-refractivity contribution in [3.63, 3.8) is 0 Å². The summed E-state index contributed by atoms with van der Waals surface area (Å²) in [6.45, 7) is 2.07. The van der Waals surface area contributed by atoms with Crippen LogP contribution in [0, 0.1) is 0 Å². The quantitative estimate of drug-likeness (QED) is 0.171. The molecule has 0 spiro atoms. The molecule has 0 aliphatic carbocycles. The van der Waals surface area contributed by atoms with E-state index in [9.17, 15) is 0 Å². The molecule has 0 aliphatic rings. The molecule has 9 rings (SSSR count). The van der Waals surface area contributed by atoms with E-state index in [0.717, 1.165) is 73.7 Å². The lowest BCUT2D eigenvalue weighted by atomic mass is 9.88. The highest BCUT2D eigenvalue weighted by molar-refractivity contribution is 6.05. The molecule has 51 heavy (non-hydrogen) atoms. The van der Waals surface area contributed by atoms with Crippen LogP contribution >= 0.6 is 0 Å². The van der Waals surface area contributed by atoms with Crippen molar-refractivity contribution in [1.82, 2.24) is 15.0 Å². The Hall–Kier alpha value is -6.65. The highest BCUT2D eigenvalue weighted by Crippen LogP contribution is 2.41. The van der Waals surface area contributed by atoms with Crippen LogP contribution in [-0.2, 0) is 6.42 Å². The van der Waals surface area contributed by atoms with E-state index in [4.69, 9.17) is 19.4 Å². The lowest BCUT2D eigenvalue weighted by Gasteiger charge is -2.16. The first-order valence-electron chi connectivity index (χ1n) is 17.3. The van der Waals surface area contributed by atoms with Crippen molar-refractivity contribution in [2.45, 2.75) is 13.3 Å². The zero-order valence-electron chi connectivity index (χ0n) is 28.1. The van der Waals surface area contributed by atoms with Crippen molar-refractivity contribution in [2.75, 3.05) is 0 Å². The van der Waals surface area contributed by atoms with Gasteiger partial charge in [0.05, 0.1) is 11.4 Å². The van der Waals surface area contributed by atoms with Gasteiger partial charge in [-0.25, -0.2) is 15.0 Å². The van der Waals surface area contributed by atoms with Gasteiger partial charge in [0.2, 0.25) is 0 Å². The zero-order valence-corrected chi connectivity index (χ0v) is 28.1. The Morgan fingerprint density at radius 1 is 0.451 bits per heavy atom. The van der Waals surface area contributed by atoms with Gasteiger partial charge in [0.1, 0.15) is 5.52 Å². The molecule has 4 nitrogen and oxygen atoms in total. The van der Waals surface area contributed by atoms with Crippen LogP contribution in [0.5, 0.6) is 0 Å². The summed E-state index contributed by atoms with van der Waals surface area (Å²) < 4.78 is 6.00. The summed E-state index contributed by atoms with van der Waals surface area (Å²) in [5.74, 6) is 1.45. The van der Waals surface area contributed by atoms with Crippen molar-refractivity contribution < 1.29 is 4.42 Å². The summed E-state index contributed by atoms with van der Waals surface area (Å²) in [5.41, 5.74) is 13.4. The molecular formula is C47H33N3O. The Labute approximate surface area is 296 Å². The van der Waals surface area contributed by atoms with Crippen molar-refractivity contribution >= 4 is 21.9 Å². The van der Waals surface area contributed by atoms with Crippen LogP contribution in [0.3, 0.4) is 0 Å². The Morgan fingerprint density at radius 2 is 1.06 bits per heavy atom. The standard InChI is InChI=1S/C47H33N3O/c1-2-44-50-46-40(21-12-22-43(46)51-44)37-19-11-18-36(29-37)39-28-27-31-13-9-10-20-38(31)45(39)34-23-25-35(26-24-34)47-48-41(32-14-5-3-6-15-32)30-42(49-47)33-16-7-4-8-17-33/h3-30H,2H2,1H3. The summed E-state index contributed by atoms with van der Waals surface area (Å²) in [4.78, 5) is 14.9. The first-order valence-corrected chi connectivity index (χ1v) is 17.3. The first-order chi connectivity index (χ1) is 25.2. The number of para-hydroxylation sites is 1. The predicted octanol–water partition coefficient (Wildman–Crippen LogP) is 12.3. The van der Waals surface area contributed by atoms with Crippen molar-refractivity contribution in [1.29, 1.82) is 0 Å². The number of rotatable bonds is 7. The maximum atomic E-state index is 6.00. The molecule has 7 aromatic carbocycles. The predicted molar refractivity (Wildman–Crippen MR) is 209 cm³/mol. The number of nitrogens with zero attached hydrogens (tertiary/aromatic N) is 3. The fraction of sp³-hybridized carbons (Fsp3) is 0.0426. The van der Waals surface area contributed by atoms with Crippen LogP contribution in [0.4, 0.5) is 0 Å². The van der Waals surface area contributed by atoms with Gasteiger partial charge in [-0.15, -0.1) is 0 Å². The highest BCUT2D eigenvalue weighted by atomic mass is 16.3. The lowest BCUT2D eigenvalue weighted by Crippen LogP contribution is -1.96. The van der Waals surface area contributed by atoms with E-state index in [1.165, 1.54) is 21.9 Å². The Balaban J connectivity index is 1.16. The normalized spacial score (nSPS) is 11.3. The number of hydrogen-bond donors (Lipinski definition) is 0. The number of benzene rings is 7. The molecule has 0 saturated carbocycles. The summed E-state index contributed by atoms with van der Waals surface area (Å²) in [7, 11) is 0. The molecular weight excluding hydrogens is 623 g/mol. The van der Waals surface area contributed by atoms with Crippen LogP contribution in [0.1, 0.15) is 12.8 Å². The van der Waals surface area contributed by atoms with Gasteiger partial charge in [0.15, 0.2) is 17.3 Å². The number of hydrogen-bond acceptors (Lipinski definition) is 4. The van der Waals surface area contributed by atoms with E-state index in [2.05, 4.69) is 128 Å². The second-order valence-electron chi connectivity index (χ2n) is 12.7. The Bertz CT molecular complexity index is 2600. The van der Waals surface area contributed by atoms with E-state index < -0.39 is 0 Å². The summed E-state index contributed by atoms with van der Waals surface area (Å²) >= 11 is 0. The van der Waals surface area contributed by atoms with Gasteiger partial charge < -0.3 is 4.42 Å². The first kappa shape index (κ1) is 30.4. The van der Waals surface area contributed by atoms with Gasteiger partial charge in [-0.2, -0.15) is 0 Å². The molecule has 0 unspecified atom stereocenters. The minimum absolute atomic E-state index is 0.695. The molecule has 2 heterocycles. The van der Waals surface area contributed by atoms with Crippen LogP contribution < -0.4 is 0 Å². The Morgan fingerprint density at radius 3 is 1.76 bits per heavy atom. The van der Waals surface area contributed by atoms with Gasteiger partial charge >= 0.3 is 0 Å². The third-order valence-electron chi connectivity index (χ3n) is 9.48. The number of oxazole rings is 1. The maximum absolute atomic E-state index is 6.00. The summed E-state index contributed by atoms with van der Waals surface area (Å²) in [6, 6.07) is 59.4. The van der Waals surface area contributed by atoms with Gasteiger partial charge in [-0.3, -0.25) is 0 Å². The molecule has 9 aromatic rings. The largest absolute Gasteiger partial charge is 0.441 e. The molecule has 0 radical (unpaired) electrons. The number of aromatic nitrogens is 3. The number of aryl methyl sites for hydroxylation is 1. The monoisotopic (exact) mass is 655 g/mol. The molecule has 0 fully saturated rings. The van der Waals surface area contributed by atoms with Gasteiger partial charge in [0, 0.05) is 28.7 Å². The molecule has 0 N–H and O–H groups in total. The highest BCUT2D eigenvalue weighted by Gasteiger charge is 2.16. The van der Waals surface area contributed by atoms with Crippen molar-refractivity contribution in [3.8, 4) is 67.3 Å². The Kier molecular flexibility index (Phi) is 7.75. The fourth-order valence-corrected chi connectivity index (χ4v) is 6.93. The minimum atomic E-state index is 0.695. The van der Waals surface area contributed by atoms with E-state index in [1.807, 2.05) is 48.5 Å². The van der Waals surface area contributed by atoms with E-state index in [1.54, 1.807) is 0 Å². The fourth-order valence-electron chi connectivity index (χ4n) is 6.93. The molecule has 2 aromatic heterocycles.